The molecule has 3 heterocycles. The van der Waals surface area contributed by atoms with Crippen LogP contribution in [0.1, 0.15) is 11.6 Å². The van der Waals surface area contributed by atoms with Gasteiger partial charge in [-0.2, -0.15) is 0 Å². The van der Waals surface area contributed by atoms with Crippen molar-refractivity contribution >= 4 is 28.3 Å². The van der Waals surface area contributed by atoms with E-state index in [1.165, 1.54) is 0 Å². The van der Waals surface area contributed by atoms with Gasteiger partial charge < -0.3 is 15.2 Å². The molecule has 7 heteroatoms. The monoisotopic (exact) mass is 328 g/mol. The van der Waals surface area contributed by atoms with E-state index >= 15 is 0 Å². The second-order valence-corrected chi connectivity index (χ2v) is 6.43. The highest BCUT2D eigenvalue weighted by Crippen LogP contribution is 2.32. The molecule has 0 aliphatic carbocycles. The molecule has 1 aliphatic heterocycles. The van der Waals surface area contributed by atoms with Crippen LogP contribution >= 0.6 is 11.6 Å². The average Bonchev–Trinajstić information content (AvgIpc) is 3.12. The molecule has 0 spiro atoms. The molecule has 1 fully saturated rings. The summed E-state index contributed by atoms with van der Waals surface area (Å²) in [5.74, 6) is 1.11. The topological polar surface area (TPSA) is 72.9 Å². The molecule has 6 nitrogen and oxygen atoms in total. The second kappa shape index (κ2) is 5.47. The summed E-state index contributed by atoms with van der Waals surface area (Å²) in [6.45, 7) is 1.54. The maximum absolute atomic E-state index is 6.36. The average molecular weight is 329 g/mol. The number of hydrogen-bond donors (Lipinski definition) is 1. The normalized spacial score (nSPS) is 21.3. The highest BCUT2D eigenvalue weighted by Gasteiger charge is 2.34. The first kappa shape index (κ1) is 14.4. The lowest BCUT2D eigenvalue weighted by Crippen LogP contribution is -2.29. The molecule has 2 atom stereocenters. The number of nitrogens with two attached hydrogens (primary N) is 1. The largest absolute Gasteiger partial charge is 0.354 e. The zero-order valence-electron chi connectivity index (χ0n) is 12.7. The summed E-state index contributed by atoms with van der Waals surface area (Å²) < 4.78 is 1.95. The maximum Gasteiger partial charge on any atom is 0.139 e. The summed E-state index contributed by atoms with van der Waals surface area (Å²) in [4.78, 5) is 15.4. The number of halogens is 1. The minimum absolute atomic E-state index is 0.0298. The SMILES string of the molecule is Cn1cnc([C@@H]2CN(c3ncnc4cc(Cl)ccc34)C[C@H]2N)c1. The molecule has 0 bridgehead atoms. The van der Waals surface area contributed by atoms with Crippen molar-refractivity contribution in [3.63, 3.8) is 0 Å². The van der Waals surface area contributed by atoms with E-state index in [2.05, 4.69) is 19.9 Å². The Morgan fingerprint density at radius 1 is 1.22 bits per heavy atom. The Hall–Kier alpha value is -2.18. The number of benzene rings is 1. The van der Waals surface area contributed by atoms with E-state index in [9.17, 15) is 0 Å². The predicted molar refractivity (Wildman–Crippen MR) is 90.7 cm³/mol. The minimum Gasteiger partial charge on any atom is -0.354 e. The number of anilines is 1. The van der Waals surface area contributed by atoms with Gasteiger partial charge in [0.1, 0.15) is 12.1 Å². The van der Waals surface area contributed by atoms with Gasteiger partial charge >= 0.3 is 0 Å². The number of rotatable bonds is 2. The first-order chi connectivity index (χ1) is 11.1. The number of imidazole rings is 1. The van der Waals surface area contributed by atoms with Crippen LogP contribution in [0.3, 0.4) is 0 Å². The number of aromatic nitrogens is 4. The van der Waals surface area contributed by atoms with Crippen LogP contribution in [-0.2, 0) is 7.05 Å². The molecule has 1 aliphatic rings. The molecule has 0 saturated carbocycles. The van der Waals surface area contributed by atoms with Crippen molar-refractivity contribution < 1.29 is 0 Å². The Bertz CT molecular complexity index is 861. The Balaban J connectivity index is 1.69. The fourth-order valence-electron chi connectivity index (χ4n) is 3.21. The Kier molecular flexibility index (Phi) is 3.43. The number of aryl methyl sites for hydroxylation is 1. The molecule has 2 aromatic heterocycles. The lowest BCUT2D eigenvalue weighted by atomic mass is 10.0. The maximum atomic E-state index is 6.36. The fourth-order valence-corrected chi connectivity index (χ4v) is 3.37. The van der Waals surface area contributed by atoms with Crippen LogP contribution < -0.4 is 10.6 Å². The van der Waals surface area contributed by atoms with Gasteiger partial charge in [-0.1, -0.05) is 11.6 Å². The summed E-state index contributed by atoms with van der Waals surface area (Å²) >= 11 is 6.05. The molecule has 118 valence electrons. The summed E-state index contributed by atoms with van der Waals surface area (Å²) in [6.07, 6.45) is 5.42. The summed E-state index contributed by atoms with van der Waals surface area (Å²) in [5.41, 5.74) is 8.24. The third-order valence-electron chi connectivity index (χ3n) is 4.35. The van der Waals surface area contributed by atoms with Gasteiger partial charge in [-0.05, 0) is 18.2 Å². The van der Waals surface area contributed by atoms with Crippen molar-refractivity contribution in [1.29, 1.82) is 0 Å². The minimum atomic E-state index is 0.0298. The molecule has 2 N–H and O–H groups in total. The standard InChI is InChI=1S/C16H17ClN6/c1-22-7-15(21-9-22)12-5-23(6-13(12)18)16-11-3-2-10(17)4-14(11)19-8-20-16/h2-4,7-9,12-13H,5-6,18H2,1H3/t12-,13-/m1/s1. The first-order valence-electron chi connectivity index (χ1n) is 7.50. The van der Waals surface area contributed by atoms with Gasteiger partial charge in [0.2, 0.25) is 0 Å². The van der Waals surface area contributed by atoms with Crippen LogP contribution in [0.4, 0.5) is 5.82 Å². The molecule has 1 aromatic carbocycles. The van der Waals surface area contributed by atoms with Crippen LogP contribution in [0.15, 0.2) is 37.1 Å². The molecule has 4 rings (SSSR count). The second-order valence-electron chi connectivity index (χ2n) is 6.00. The number of nitrogens with zero attached hydrogens (tertiary/aromatic N) is 5. The van der Waals surface area contributed by atoms with Crippen LogP contribution in [0, 0.1) is 0 Å². The van der Waals surface area contributed by atoms with Gasteiger partial charge in [0.05, 0.1) is 17.5 Å². The number of hydrogen-bond acceptors (Lipinski definition) is 5. The zero-order chi connectivity index (χ0) is 16.0. The highest BCUT2D eigenvalue weighted by molar-refractivity contribution is 6.31. The van der Waals surface area contributed by atoms with E-state index in [0.717, 1.165) is 35.5 Å². The number of fused-ring (bicyclic) bond motifs is 1. The molecule has 0 radical (unpaired) electrons. The first-order valence-corrected chi connectivity index (χ1v) is 7.88. The lowest BCUT2D eigenvalue weighted by molar-refractivity contribution is 0.639. The zero-order valence-corrected chi connectivity index (χ0v) is 13.5. The van der Waals surface area contributed by atoms with E-state index < -0.39 is 0 Å². The molecule has 1 saturated heterocycles. The van der Waals surface area contributed by atoms with Crippen LogP contribution in [0.25, 0.3) is 10.9 Å². The fraction of sp³-hybridized carbons (Fsp3) is 0.312. The summed E-state index contributed by atoms with van der Waals surface area (Å²) in [5, 5.41) is 1.66. The third-order valence-corrected chi connectivity index (χ3v) is 4.58. The Labute approximate surface area is 138 Å². The third kappa shape index (κ3) is 2.54. The Morgan fingerprint density at radius 2 is 2.09 bits per heavy atom. The van der Waals surface area contributed by atoms with E-state index in [1.807, 2.05) is 42.3 Å². The smallest absolute Gasteiger partial charge is 0.139 e. The molecule has 3 aromatic rings. The Morgan fingerprint density at radius 3 is 2.87 bits per heavy atom. The van der Waals surface area contributed by atoms with Crippen LogP contribution in [-0.4, -0.2) is 38.7 Å². The van der Waals surface area contributed by atoms with Gasteiger partial charge in [-0.3, -0.25) is 0 Å². The molecular weight excluding hydrogens is 312 g/mol. The van der Waals surface area contributed by atoms with E-state index in [-0.39, 0.29) is 12.0 Å². The van der Waals surface area contributed by atoms with Crippen LogP contribution in [0.2, 0.25) is 5.02 Å². The molecule has 23 heavy (non-hydrogen) atoms. The van der Waals surface area contributed by atoms with Gasteiger partial charge in [0, 0.05) is 48.7 Å². The summed E-state index contributed by atoms with van der Waals surface area (Å²) in [6, 6.07) is 5.71. The molecule has 0 unspecified atom stereocenters. The molecular formula is C16H17ClN6. The van der Waals surface area contributed by atoms with Crippen molar-refractivity contribution in [2.24, 2.45) is 12.8 Å². The van der Waals surface area contributed by atoms with Gasteiger partial charge in [0.15, 0.2) is 0 Å². The quantitative estimate of drug-likeness (QED) is 0.778. The van der Waals surface area contributed by atoms with Crippen LogP contribution in [0.5, 0.6) is 0 Å². The van der Waals surface area contributed by atoms with Crippen molar-refractivity contribution in [3.05, 3.63) is 47.8 Å². The van der Waals surface area contributed by atoms with Crippen molar-refractivity contribution in [1.82, 2.24) is 19.5 Å². The molecule has 0 amide bonds. The van der Waals surface area contributed by atoms with E-state index in [1.54, 1.807) is 6.33 Å². The van der Waals surface area contributed by atoms with Gasteiger partial charge in [-0.25, -0.2) is 15.0 Å². The van der Waals surface area contributed by atoms with Gasteiger partial charge in [-0.15, -0.1) is 0 Å². The van der Waals surface area contributed by atoms with E-state index in [4.69, 9.17) is 17.3 Å². The highest BCUT2D eigenvalue weighted by atomic mass is 35.5. The lowest BCUT2D eigenvalue weighted by Gasteiger charge is -2.18. The van der Waals surface area contributed by atoms with Gasteiger partial charge in [0.25, 0.3) is 0 Å². The van der Waals surface area contributed by atoms with Crippen molar-refractivity contribution in [3.8, 4) is 0 Å². The van der Waals surface area contributed by atoms with Crippen molar-refractivity contribution in [2.75, 3.05) is 18.0 Å². The predicted octanol–water partition coefficient (Wildman–Crippen LogP) is 1.95. The van der Waals surface area contributed by atoms with E-state index in [0.29, 0.717) is 5.02 Å². The summed E-state index contributed by atoms with van der Waals surface area (Å²) in [7, 11) is 1.97. The van der Waals surface area contributed by atoms with Crippen molar-refractivity contribution in [2.45, 2.75) is 12.0 Å².